The molecular weight excluding hydrogens is 453 g/mol. The van der Waals surface area contributed by atoms with Gasteiger partial charge in [0, 0.05) is 24.9 Å². The Morgan fingerprint density at radius 2 is 1.64 bits per heavy atom. The van der Waals surface area contributed by atoms with Crippen molar-refractivity contribution in [2.24, 2.45) is 4.99 Å². The number of guanidine groups is 1. The van der Waals surface area contributed by atoms with Gasteiger partial charge in [0.25, 0.3) is 0 Å². The molecule has 8 heteroatoms. The summed E-state index contributed by atoms with van der Waals surface area (Å²) >= 11 is 1.82. The lowest BCUT2D eigenvalue weighted by atomic mass is 10.1. The predicted molar refractivity (Wildman–Crippen MR) is 117 cm³/mol. The maximum absolute atomic E-state index is 5.38. The lowest BCUT2D eigenvalue weighted by Gasteiger charge is -2.24. The van der Waals surface area contributed by atoms with Gasteiger partial charge in [-0.1, -0.05) is 0 Å². The van der Waals surface area contributed by atoms with Crippen LogP contribution in [-0.4, -0.2) is 51.9 Å². The predicted octanol–water partition coefficient (Wildman–Crippen LogP) is 3.14. The van der Waals surface area contributed by atoms with Gasteiger partial charge in [0.15, 0.2) is 17.5 Å². The summed E-state index contributed by atoms with van der Waals surface area (Å²) < 4.78 is 16.2. The van der Waals surface area contributed by atoms with Crippen molar-refractivity contribution in [2.45, 2.75) is 25.1 Å². The van der Waals surface area contributed by atoms with Gasteiger partial charge >= 0.3 is 0 Å². The van der Waals surface area contributed by atoms with Crippen molar-refractivity contribution < 1.29 is 14.2 Å². The molecule has 0 radical (unpaired) electrons. The number of benzene rings is 1. The van der Waals surface area contributed by atoms with E-state index in [1.807, 2.05) is 23.9 Å². The van der Waals surface area contributed by atoms with Crippen LogP contribution in [-0.2, 0) is 6.54 Å². The summed E-state index contributed by atoms with van der Waals surface area (Å²) in [5.41, 5.74) is 1.01. The third-order valence-corrected chi connectivity index (χ3v) is 4.89. The summed E-state index contributed by atoms with van der Waals surface area (Å²) in [5, 5.41) is 6.64. The van der Waals surface area contributed by atoms with Crippen molar-refractivity contribution in [2.75, 3.05) is 41.2 Å². The molecule has 0 saturated carbocycles. The van der Waals surface area contributed by atoms with E-state index in [2.05, 4.69) is 35.7 Å². The molecule has 0 atom stereocenters. The number of methoxy groups -OCH3 is 3. The van der Waals surface area contributed by atoms with E-state index < -0.39 is 0 Å². The Balaban J connectivity index is 0.00000576. The van der Waals surface area contributed by atoms with Crippen LogP contribution in [0.1, 0.15) is 19.4 Å². The fraction of sp³-hybridized carbons (Fsp3) is 0.588. The molecule has 1 rings (SSSR count). The second kappa shape index (κ2) is 11.6. The quantitative estimate of drug-likeness (QED) is 0.337. The van der Waals surface area contributed by atoms with Crippen molar-refractivity contribution in [1.82, 2.24) is 10.6 Å². The molecule has 0 aliphatic rings. The number of halogens is 1. The molecule has 144 valence electrons. The van der Waals surface area contributed by atoms with Crippen molar-refractivity contribution >= 4 is 41.7 Å². The molecule has 25 heavy (non-hydrogen) atoms. The molecule has 2 N–H and O–H groups in total. The van der Waals surface area contributed by atoms with Gasteiger partial charge in [0.05, 0.1) is 21.3 Å². The molecule has 0 aromatic heterocycles. The Kier molecular flexibility index (Phi) is 11.1. The third-order valence-electron chi connectivity index (χ3n) is 3.64. The van der Waals surface area contributed by atoms with Gasteiger partial charge in [0.1, 0.15) is 0 Å². The number of ether oxygens (including phenoxy) is 3. The van der Waals surface area contributed by atoms with Crippen LogP contribution < -0.4 is 24.8 Å². The lowest BCUT2D eigenvalue weighted by Crippen LogP contribution is -2.42. The van der Waals surface area contributed by atoms with E-state index in [9.17, 15) is 0 Å². The molecule has 1 aromatic carbocycles. The first kappa shape index (κ1) is 24.0. The van der Waals surface area contributed by atoms with Gasteiger partial charge in [-0.25, -0.2) is 0 Å². The van der Waals surface area contributed by atoms with E-state index in [1.54, 1.807) is 28.4 Å². The Hall–Kier alpha value is -1.03. The second-order valence-electron chi connectivity index (χ2n) is 5.78. The average molecular weight is 483 g/mol. The smallest absolute Gasteiger partial charge is 0.203 e. The summed E-state index contributed by atoms with van der Waals surface area (Å²) in [5.74, 6) is 2.62. The molecule has 0 bridgehead atoms. The first-order valence-corrected chi connectivity index (χ1v) is 8.91. The molecule has 0 aliphatic heterocycles. The van der Waals surface area contributed by atoms with Crippen LogP contribution in [0.25, 0.3) is 0 Å². The monoisotopic (exact) mass is 483 g/mol. The highest BCUT2D eigenvalue weighted by Gasteiger charge is 2.16. The number of aliphatic imine (C=N–C) groups is 1. The maximum Gasteiger partial charge on any atom is 0.203 e. The Morgan fingerprint density at radius 1 is 1.08 bits per heavy atom. The number of hydrogen-bond acceptors (Lipinski definition) is 5. The van der Waals surface area contributed by atoms with Gasteiger partial charge in [-0.3, -0.25) is 4.99 Å². The molecule has 0 aliphatic carbocycles. The third kappa shape index (κ3) is 7.39. The minimum Gasteiger partial charge on any atom is -0.493 e. The molecule has 1 aromatic rings. The number of thioether (sulfide) groups is 1. The van der Waals surface area contributed by atoms with Crippen LogP contribution in [0.15, 0.2) is 17.1 Å². The zero-order valence-electron chi connectivity index (χ0n) is 16.1. The molecule has 0 saturated heterocycles. The largest absolute Gasteiger partial charge is 0.493 e. The summed E-state index contributed by atoms with van der Waals surface area (Å²) in [7, 11) is 6.58. The van der Waals surface area contributed by atoms with E-state index in [-0.39, 0.29) is 28.7 Å². The topological polar surface area (TPSA) is 64.1 Å². The first-order valence-electron chi connectivity index (χ1n) is 7.69. The number of hydrogen-bond donors (Lipinski definition) is 2. The molecule has 0 fully saturated rings. The Labute approximate surface area is 172 Å². The summed E-state index contributed by atoms with van der Waals surface area (Å²) in [6.07, 6.45) is 2.10. The van der Waals surface area contributed by atoms with Crippen molar-refractivity contribution in [3.05, 3.63) is 17.7 Å². The number of nitrogens with zero attached hydrogens (tertiary/aromatic N) is 1. The maximum atomic E-state index is 5.38. The second-order valence-corrected chi connectivity index (χ2v) is 7.29. The van der Waals surface area contributed by atoms with Crippen LogP contribution in [0.2, 0.25) is 0 Å². The number of nitrogens with one attached hydrogen (secondary N) is 2. The zero-order chi connectivity index (χ0) is 18.2. The normalized spacial score (nSPS) is 11.4. The fourth-order valence-corrected chi connectivity index (χ4v) is 2.23. The molecule has 0 amide bonds. The van der Waals surface area contributed by atoms with E-state index in [4.69, 9.17) is 14.2 Å². The highest BCUT2D eigenvalue weighted by atomic mass is 127. The minimum absolute atomic E-state index is 0. The average Bonchev–Trinajstić information content (AvgIpc) is 2.60. The van der Waals surface area contributed by atoms with Crippen LogP contribution >= 0.6 is 35.7 Å². The van der Waals surface area contributed by atoms with Crippen LogP contribution in [0.5, 0.6) is 17.2 Å². The van der Waals surface area contributed by atoms with Crippen molar-refractivity contribution in [3.8, 4) is 17.2 Å². The molecular formula is C17H30IN3O3S. The highest BCUT2D eigenvalue weighted by molar-refractivity contribution is 14.0. The first-order chi connectivity index (χ1) is 11.4. The Bertz CT molecular complexity index is 543. The van der Waals surface area contributed by atoms with Gasteiger partial charge in [-0.2, -0.15) is 11.8 Å². The summed E-state index contributed by atoms with van der Waals surface area (Å²) in [4.78, 5) is 4.26. The minimum atomic E-state index is 0. The van der Waals surface area contributed by atoms with Crippen LogP contribution in [0.4, 0.5) is 0 Å². The Morgan fingerprint density at radius 3 is 2.04 bits per heavy atom. The van der Waals surface area contributed by atoms with Crippen molar-refractivity contribution in [1.29, 1.82) is 0 Å². The van der Waals surface area contributed by atoms with Crippen LogP contribution in [0, 0.1) is 0 Å². The van der Waals surface area contributed by atoms with Gasteiger partial charge in [0.2, 0.25) is 5.75 Å². The van der Waals surface area contributed by atoms with E-state index >= 15 is 0 Å². The molecule has 0 heterocycles. The van der Waals surface area contributed by atoms with E-state index in [1.165, 1.54) is 0 Å². The van der Waals surface area contributed by atoms with Crippen molar-refractivity contribution in [3.63, 3.8) is 0 Å². The SMILES string of the molecule is CN=C(NCc1cc(OC)c(OC)c(OC)c1)NCC(C)(C)SC.I. The van der Waals surface area contributed by atoms with E-state index in [0.29, 0.717) is 23.8 Å². The fourth-order valence-electron chi connectivity index (χ4n) is 2.01. The van der Waals surface area contributed by atoms with Gasteiger partial charge in [-0.15, -0.1) is 24.0 Å². The zero-order valence-corrected chi connectivity index (χ0v) is 19.2. The number of rotatable bonds is 8. The summed E-state index contributed by atoms with van der Waals surface area (Å²) in [6, 6.07) is 3.85. The lowest BCUT2D eigenvalue weighted by molar-refractivity contribution is 0.323. The molecule has 6 nitrogen and oxygen atoms in total. The standard InChI is InChI=1S/C17H29N3O3S.HI/c1-17(2,24-7)11-20-16(18-3)19-10-12-8-13(21-4)15(23-6)14(9-12)22-5;/h8-9H,10-11H2,1-7H3,(H2,18,19,20);1H. The van der Waals surface area contributed by atoms with Gasteiger partial charge < -0.3 is 24.8 Å². The van der Waals surface area contributed by atoms with E-state index in [0.717, 1.165) is 18.1 Å². The molecule has 0 spiro atoms. The molecule has 0 unspecified atom stereocenters. The van der Waals surface area contributed by atoms with Gasteiger partial charge in [-0.05, 0) is 37.8 Å². The van der Waals surface area contributed by atoms with Crippen LogP contribution in [0.3, 0.4) is 0 Å². The summed E-state index contributed by atoms with van der Waals surface area (Å²) in [6.45, 7) is 5.80. The highest BCUT2D eigenvalue weighted by Crippen LogP contribution is 2.38.